The first-order chi connectivity index (χ1) is 6.09. The molecule has 1 fully saturated rings. The number of hydrogen-bond donors (Lipinski definition) is 0. The number of rotatable bonds is 0. The monoisotopic (exact) mass is 292 g/mol. The molecule has 0 aromatic rings. The van der Waals surface area contributed by atoms with Gasteiger partial charge < -0.3 is 4.74 Å². The van der Waals surface area contributed by atoms with Crippen LogP contribution in [-0.2, 0) is 14.3 Å². The summed E-state index contributed by atoms with van der Waals surface area (Å²) < 4.78 is 5.78. The Kier molecular flexibility index (Phi) is 1.98. The molecular formula is C9H9IO3. The Morgan fingerprint density at radius 1 is 1.46 bits per heavy atom. The molecule has 1 saturated carbocycles. The fourth-order valence-corrected chi connectivity index (χ4v) is 2.88. The molecule has 3 nitrogen and oxygen atoms in total. The third-order valence-corrected chi connectivity index (χ3v) is 4.39. The van der Waals surface area contributed by atoms with E-state index in [0.717, 1.165) is 10.0 Å². The number of hydrogen-bond acceptors (Lipinski definition) is 3. The van der Waals surface area contributed by atoms with E-state index in [4.69, 9.17) is 4.74 Å². The third-order valence-electron chi connectivity index (χ3n) is 2.71. The summed E-state index contributed by atoms with van der Waals surface area (Å²) in [6.45, 7) is 1.74. The number of ether oxygens (including phenoxy) is 1. The van der Waals surface area contributed by atoms with Gasteiger partial charge in [-0.15, -0.1) is 0 Å². The van der Waals surface area contributed by atoms with Crippen molar-refractivity contribution in [1.29, 1.82) is 0 Å². The molecule has 4 heteroatoms. The predicted octanol–water partition coefficient (Wildman–Crippen LogP) is 1.95. The van der Waals surface area contributed by atoms with Crippen LogP contribution in [0, 0.1) is 5.41 Å². The number of allylic oxidation sites excluding steroid dienone is 1. The molecule has 1 aliphatic carbocycles. The van der Waals surface area contributed by atoms with Gasteiger partial charge in [0, 0.05) is 6.42 Å². The van der Waals surface area contributed by atoms with Crippen LogP contribution in [0.5, 0.6) is 0 Å². The van der Waals surface area contributed by atoms with Crippen molar-refractivity contribution in [2.45, 2.75) is 26.2 Å². The molecule has 1 aliphatic heterocycles. The molecule has 70 valence electrons. The van der Waals surface area contributed by atoms with Crippen molar-refractivity contribution in [1.82, 2.24) is 0 Å². The van der Waals surface area contributed by atoms with Crippen LogP contribution in [0.3, 0.4) is 0 Å². The lowest BCUT2D eigenvalue weighted by atomic mass is 9.86. The van der Waals surface area contributed by atoms with Gasteiger partial charge in [-0.3, -0.25) is 9.59 Å². The van der Waals surface area contributed by atoms with Gasteiger partial charge in [-0.2, -0.15) is 0 Å². The standard InChI is InChI=1S/C9H9IO3/c1-5-7(10)9(8(12)13-5)4-2-3-6(9)11/h2-4H2,1H3/t9-/m0/s1. The van der Waals surface area contributed by atoms with E-state index >= 15 is 0 Å². The smallest absolute Gasteiger partial charge is 0.329 e. The molecule has 13 heavy (non-hydrogen) atoms. The summed E-state index contributed by atoms with van der Waals surface area (Å²) in [6, 6.07) is 0. The molecule has 0 N–H and O–H groups in total. The summed E-state index contributed by atoms with van der Waals surface area (Å²) in [6.07, 6.45) is 1.93. The van der Waals surface area contributed by atoms with Crippen molar-refractivity contribution >= 4 is 34.3 Å². The van der Waals surface area contributed by atoms with Gasteiger partial charge in [-0.25, -0.2) is 0 Å². The van der Waals surface area contributed by atoms with Gasteiger partial charge in [0.15, 0.2) is 11.2 Å². The van der Waals surface area contributed by atoms with E-state index in [1.807, 2.05) is 0 Å². The number of halogens is 1. The largest absolute Gasteiger partial charge is 0.430 e. The second kappa shape index (κ2) is 2.80. The molecule has 0 bridgehead atoms. The van der Waals surface area contributed by atoms with Crippen LogP contribution < -0.4 is 0 Å². The van der Waals surface area contributed by atoms with Gasteiger partial charge in [0.25, 0.3) is 0 Å². The zero-order valence-electron chi connectivity index (χ0n) is 7.22. The number of esters is 1. The average Bonchev–Trinajstić information content (AvgIpc) is 2.54. The van der Waals surface area contributed by atoms with E-state index in [0.29, 0.717) is 18.6 Å². The van der Waals surface area contributed by atoms with Gasteiger partial charge >= 0.3 is 5.97 Å². The molecule has 0 radical (unpaired) electrons. The summed E-state index contributed by atoms with van der Waals surface area (Å²) in [5.41, 5.74) is -0.898. The highest BCUT2D eigenvalue weighted by atomic mass is 127. The van der Waals surface area contributed by atoms with Crippen LogP contribution >= 0.6 is 22.6 Å². The first-order valence-corrected chi connectivity index (χ1v) is 5.29. The van der Waals surface area contributed by atoms with E-state index in [9.17, 15) is 9.59 Å². The van der Waals surface area contributed by atoms with E-state index in [1.165, 1.54) is 0 Å². The highest BCUT2D eigenvalue weighted by Gasteiger charge is 2.56. The molecule has 0 aromatic carbocycles. The van der Waals surface area contributed by atoms with Crippen molar-refractivity contribution < 1.29 is 14.3 Å². The quantitative estimate of drug-likeness (QED) is 0.389. The Hall–Kier alpha value is -0.390. The SMILES string of the molecule is CC1=C(I)[C@@]2(CCCC2=O)C(=O)O1. The molecule has 0 saturated heterocycles. The Bertz CT molecular complexity index is 332. The highest BCUT2D eigenvalue weighted by Crippen LogP contribution is 2.50. The topological polar surface area (TPSA) is 43.4 Å². The predicted molar refractivity (Wildman–Crippen MR) is 54.1 cm³/mol. The average molecular weight is 292 g/mol. The van der Waals surface area contributed by atoms with Crippen LogP contribution in [0.4, 0.5) is 0 Å². The molecular weight excluding hydrogens is 283 g/mol. The number of Topliss-reactive ketones (excluding diaryl/α,β-unsaturated/α-hetero) is 1. The van der Waals surface area contributed by atoms with Crippen molar-refractivity contribution in [3.63, 3.8) is 0 Å². The molecule has 2 rings (SSSR count). The number of cyclic esters (lactones) is 1. The minimum atomic E-state index is -0.898. The van der Waals surface area contributed by atoms with Crippen LogP contribution in [0.1, 0.15) is 26.2 Å². The summed E-state index contributed by atoms with van der Waals surface area (Å²) in [5.74, 6) is 0.261. The Balaban J connectivity index is 2.52. The summed E-state index contributed by atoms with van der Waals surface area (Å²) in [4.78, 5) is 23.2. The first-order valence-electron chi connectivity index (χ1n) is 4.21. The van der Waals surface area contributed by atoms with Crippen LogP contribution in [0.2, 0.25) is 0 Å². The fraction of sp³-hybridized carbons (Fsp3) is 0.556. The van der Waals surface area contributed by atoms with Crippen LogP contribution in [0.25, 0.3) is 0 Å². The lowest BCUT2D eigenvalue weighted by molar-refractivity contribution is -0.148. The maximum atomic E-state index is 11.6. The fourth-order valence-electron chi connectivity index (χ4n) is 1.98. The summed E-state index contributed by atoms with van der Waals surface area (Å²) >= 11 is 2.06. The number of ketones is 1. The maximum Gasteiger partial charge on any atom is 0.329 e. The second-order valence-corrected chi connectivity index (χ2v) is 4.52. The third kappa shape index (κ3) is 1.01. The maximum absolute atomic E-state index is 11.6. The van der Waals surface area contributed by atoms with E-state index in [1.54, 1.807) is 6.92 Å². The molecule has 0 amide bonds. The molecule has 1 heterocycles. The van der Waals surface area contributed by atoms with Crippen molar-refractivity contribution in [3.8, 4) is 0 Å². The lowest BCUT2D eigenvalue weighted by Crippen LogP contribution is -2.32. The zero-order chi connectivity index (χ0) is 9.64. The van der Waals surface area contributed by atoms with Gasteiger partial charge in [-0.1, -0.05) is 0 Å². The van der Waals surface area contributed by atoms with Gasteiger partial charge in [-0.05, 0) is 42.4 Å². The highest BCUT2D eigenvalue weighted by molar-refractivity contribution is 14.1. The van der Waals surface area contributed by atoms with Gasteiger partial charge in [0.2, 0.25) is 0 Å². The molecule has 1 spiro atoms. The normalized spacial score (nSPS) is 33.4. The molecule has 2 aliphatic rings. The summed E-state index contributed by atoms with van der Waals surface area (Å²) in [5, 5.41) is 0. The van der Waals surface area contributed by atoms with Crippen molar-refractivity contribution in [3.05, 3.63) is 9.34 Å². The number of carbonyl (C=O) groups is 2. The molecule has 0 unspecified atom stereocenters. The van der Waals surface area contributed by atoms with E-state index in [2.05, 4.69) is 22.6 Å². The van der Waals surface area contributed by atoms with Crippen molar-refractivity contribution in [2.24, 2.45) is 5.41 Å². The number of carbonyl (C=O) groups excluding carboxylic acids is 2. The zero-order valence-corrected chi connectivity index (χ0v) is 9.38. The Labute approximate surface area is 89.7 Å². The van der Waals surface area contributed by atoms with Gasteiger partial charge in [0.1, 0.15) is 5.76 Å². The lowest BCUT2D eigenvalue weighted by Gasteiger charge is -2.16. The van der Waals surface area contributed by atoms with Crippen molar-refractivity contribution in [2.75, 3.05) is 0 Å². The van der Waals surface area contributed by atoms with Gasteiger partial charge in [0.05, 0.1) is 3.58 Å². The summed E-state index contributed by atoms with van der Waals surface area (Å²) in [7, 11) is 0. The van der Waals surface area contributed by atoms with Crippen LogP contribution in [-0.4, -0.2) is 11.8 Å². The second-order valence-electron chi connectivity index (χ2n) is 3.44. The molecule has 0 aromatic heterocycles. The minimum Gasteiger partial charge on any atom is -0.430 e. The van der Waals surface area contributed by atoms with E-state index in [-0.39, 0.29) is 11.8 Å². The molecule has 1 atom stereocenters. The van der Waals surface area contributed by atoms with Crippen LogP contribution in [0.15, 0.2) is 9.34 Å². The first kappa shape index (κ1) is 9.18. The Morgan fingerprint density at radius 2 is 2.15 bits per heavy atom. The minimum absolute atomic E-state index is 0.0266. The van der Waals surface area contributed by atoms with E-state index < -0.39 is 5.41 Å². The Morgan fingerprint density at radius 3 is 2.54 bits per heavy atom.